The predicted octanol–water partition coefficient (Wildman–Crippen LogP) is 2.48. The molecule has 5 nitrogen and oxygen atoms in total. The second-order valence-electron chi connectivity index (χ2n) is 6.87. The highest BCUT2D eigenvalue weighted by Crippen LogP contribution is 2.24. The zero-order valence-corrected chi connectivity index (χ0v) is 16.1. The third-order valence-corrected chi connectivity index (χ3v) is 4.72. The molecule has 0 radical (unpaired) electrons. The Labute approximate surface area is 159 Å². The number of nitrogens with zero attached hydrogens (tertiary/aromatic N) is 3. The van der Waals surface area contributed by atoms with Crippen LogP contribution < -0.4 is 10.6 Å². The van der Waals surface area contributed by atoms with Gasteiger partial charge >= 0.3 is 6.18 Å². The molecule has 1 fully saturated rings. The number of alkyl halides is 3. The van der Waals surface area contributed by atoms with Crippen molar-refractivity contribution in [3.8, 4) is 0 Å². The van der Waals surface area contributed by atoms with Gasteiger partial charge in [-0.05, 0) is 19.0 Å². The van der Waals surface area contributed by atoms with Gasteiger partial charge in [0.15, 0.2) is 5.96 Å². The maximum atomic E-state index is 12.2. The maximum absolute atomic E-state index is 12.2. The number of benzene rings is 1. The number of nitrogens with one attached hydrogen (secondary N) is 2. The molecule has 8 heteroatoms. The van der Waals surface area contributed by atoms with Crippen LogP contribution in [0.4, 0.5) is 13.2 Å². The van der Waals surface area contributed by atoms with E-state index in [-0.39, 0.29) is 6.54 Å². The van der Waals surface area contributed by atoms with Gasteiger partial charge in [0.25, 0.3) is 0 Å². The number of piperazine rings is 1. The normalized spacial score (nSPS) is 19.9. The van der Waals surface area contributed by atoms with Crippen molar-refractivity contribution in [2.75, 3.05) is 53.4 Å². The van der Waals surface area contributed by atoms with Gasteiger partial charge in [0.1, 0.15) is 0 Å². The molecular formula is C19H30F3N5. The third kappa shape index (κ3) is 7.76. The van der Waals surface area contributed by atoms with Gasteiger partial charge in [-0.25, -0.2) is 0 Å². The molecule has 1 unspecified atom stereocenters. The molecule has 2 N–H and O–H groups in total. The van der Waals surface area contributed by atoms with E-state index in [1.807, 2.05) is 6.07 Å². The van der Waals surface area contributed by atoms with Crippen LogP contribution in [0.5, 0.6) is 0 Å². The van der Waals surface area contributed by atoms with E-state index in [0.29, 0.717) is 18.5 Å². The minimum Gasteiger partial charge on any atom is -0.356 e. The Hall–Kier alpha value is -1.80. The monoisotopic (exact) mass is 385 g/mol. The van der Waals surface area contributed by atoms with Crippen LogP contribution in [-0.4, -0.2) is 75.3 Å². The lowest BCUT2D eigenvalue weighted by molar-refractivity contribution is -0.132. The first kappa shape index (κ1) is 21.5. The summed E-state index contributed by atoms with van der Waals surface area (Å²) >= 11 is 0. The van der Waals surface area contributed by atoms with E-state index in [9.17, 15) is 13.2 Å². The molecule has 0 amide bonds. The van der Waals surface area contributed by atoms with Crippen LogP contribution in [0.25, 0.3) is 0 Å². The Morgan fingerprint density at radius 1 is 1.15 bits per heavy atom. The fourth-order valence-electron chi connectivity index (χ4n) is 3.25. The predicted molar refractivity (Wildman–Crippen MR) is 103 cm³/mol. The summed E-state index contributed by atoms with van der Waals surface area (Å²) in [5, 5.41) is 5.80. The van der Waals surface area contributed by atoms with Crippen molar-refractivity contribution in [3.05, 3.63) is 35.9 Å². The first-order chi connectivity index (χ1) is 12.9. The van der Waals surface area contributed by atoms with Gasteiger partial charge in [-0.15, -0.1) is 0 Å². The van der Waals surface area contributed by atoms with E-state index in [2.05, 4.69) is 56.7 Å². The molecule has 1 aliphatic rings. The summed E-state index contributed by atoms with van der Waals surface area (Å²) in [7, 11) is 3.71. The van der Waals surface area contributed by atoms with E-state index < -0.39 is 12.6 Å². The number of rotatable bonds is 7. The van der Waals surface area contributed by atoms with E-state index in [4.69, 9.17) is 0 Å². The molecule has 152 valence electrons. The second-order valence-corrected chi connectivity index (χ2v) is 6.87. The van der Waals surface area contributed by atoms with Gasteiger partial charge < -0.3 is 15.5 Å². The van der Waals surface area contributed by atoms with E-state index >= 15 is 0 Å². The molecular weight excluding hydrogens is 355 g/mol. The molecule has 1 aromatic carbocycles. The Morgan fingerprint density at radius 3 is 2.52 bits per heavy atom. The summed E-state index contributed by atoms with van der Waals surface area (Å²) in [6, 6.07) is 10.9. The summed E-state index contributed by atoms with van der Waals surface area (Å²) in [5.41, 5.74) is 1.32. The minimum absolute atomic E-state index is 0.169. The second kappa shape index (κ2) is 10.5. The van der Waals surface area contributed by atoms with Gasteiger partial charge in [-0.2, -0.15) is 13.2 Å². The number of likely N-dealkylation sites (N-methyl/N-ethyl adjacent to an activating group) is 1. The Morgan fingerprint density at radius 2 is 1.85 bits per heavy atom. The highest BCUT2D eigenvalue weighted by molar-refractivity contribution is 5.79. The van der Waals surface area contributed by atoms with Crippen LogP contribution in [0, 0.1) is 0 Å². The minimum atomic E-state index is -4.15. The number of guanidine groups is 1. The average Bonchev–Trinajstić information content (AvgIpc) is 2.64. The molecule has 27 heavy (non-hydrogen) atoms. The fraction of sp³-hybridized carbons (Fsp3) is 0.632. The van der Waals surface area contributed by atoms with Crippen LogP contribution in [0.15, 0.2) is 35.3 Å². The van der Waals surface area contributed by atoms with Gasteiger partial charge in [0, 0.05) is 52.4 Å². The highest BCUT2D eigenvalue weighted by Gasteiger charge is 2.27. The smallest absolute Gasteiger partial charge is 0.356 e. The zero-order chi connectivity index (χ0) is 19.7. The lowest BCUT2D eigenvalue weighted by Crippen LogP contribution is -2.47. The summed E-state index contributed by atoms with van der Waals surface area (Å²) < 4.78 is 36.7. The SMILES string of the molecule is CN=C(NCCCN1CCN(C)CC1c1ccccc1)NCCC(F)(F)F. The standard InChI is InChI=1S/C19H30F3N5/c1-23-18(25-11-9-19(20,21)22)24-10-6-12-27-14-13-26(2)15-17(27)16-7-4-3-5-8-16/h3-5,7-8,17H,6,9-15H2,1-2H3,(H2,23,24,25). The maximum Gasteiger partial charge on any atom is 0.390 e. The summed E-state index contributed by atoms with van der Waals surface area (Å²) in [6.45, 7) is 4.47. The van der Waals surface area contributed by atoms with E-state index in [1.54, 1.807) is 7.05 Å². The molecule has 0 aromatic heterocycles. The van der Waals surface area contributed by atoms with Gasteiger partial charge in [-0.1, -0.05) is 30.3 Å². The van der Waals surface area contributed by atoms with Crippen LogP contribution in [-0.2, 0) is 0 Å². The Bertz CT molecular complexity index is 576. The summed E-state index contributed by atoms with van der Waals surface area (Å²) in [5.74, 6) is 0.414. The zero-order valence-electron chi connectivity index (χ0n) is 16.1. The third-order valence-electron chi connectivity index (χ3n) is 4.72. The van der Waals surface area contributed by atoms with Crippen LogP contribution in [0.2, 0.25) is 0 Å². The molecule has 1 aliphatic heterocycles. The summed E-state index contributed by atoms with van der Waals surface area (Å²) in [4.78, 5) is 8.80. The first-order valence-corrected chi connectivity index (χ1v) is 9.38. The van der Waals surface area contributed by atoms with Crippen molar-refractivity contribution >= 4 is 5.96 Å². The van der Waals surface area contributed by atoms with Crippen molar-refractivity contribution in [2.45, 2.75) is 25.1 Å². The Kier molecular flexibility index (Phi) is 8.37. The largest absolute Gasteiger partial charge is 0.390 e. The van der Waals surface area contributed by atoms with Crippen molar-refractivity contribution in [1.82, 2.24) is 20.4 Å². The molecule has 1 saturated heterocycles. The van der Waals surface area contributed by atoms with E-state index in [1.165, 1.54) is 5.56 Å². The number of hydrogen-bond acceptors (Lipinski definition) is 3. The Balaban J connectivity index is 1.76. The quantitative estimate of drug-likeness (QED) is 0.430. The molecule has 1 atom stereocenters. The van der Waals surface area contributed by atoms with Crippen LogP contribution >= 0.6 is 0 Å². The fourth-order valence-corrected chi connectivity index (χ4v) is 3.25. The van der Waals surface area contributed by atoms with Crippen LogP contribution in [0.3, 0.4) is 0 Å². The topological polar surface area (TPSA) is 42.9 Å². The van der Waals surface area contributed by atoms with Crippen molar-refractivity contribution < 1.29 is 13.2 Å². The van der Waals surface area contributed by atoms with Crippen molar-refractivity contribution in [1.29, 1.82) is 0 Å². The molecule has 1 heterocycles. The van der Waals surface area contributed by atoms with Gasteiger partial charge in [-0.3, -0.25) is 9.89 Å². The van der Waals surface area contributed by atoms with E-state index in [0.717, 1.165) is 32.6 Å². The molecule has 0 bridgehead atoms. The lowest BCUT2D eigenvalue weighted by atomic mass is 10.0. The van der Waals surface area contributed by atoms with Gasteiger partial charge in [0.05, 0.1) is 6.42 Å². The summed E-state index contributed by atoms with van der Waals surface area (Å²) in [6.07, 6.45) is -4.12. The lowest BCUT2D eigenvalue weighted by Gasteiger charge is -2.40. The molecule has 0 saturated carbocycles. The van der Waals surface area contributed by atoms with Crippen LogP contribution in [0.1, 0.15) is 24.4 Å². The highest BCUT2D eigenvalue weighted by atomic mass is 19.4. The van der Waals surface area contributed by atoms with Gasteiger partial charge in [0.2, 0.25) is 0 Å². The van der Waals surface area contributed by atoms with Crippen molar-refractivity contribution in [3.63, 3.8) is 0 Å². The molecule has 2 rings (SSSR count). The molecule has 0 aliphatic carbocycles. The molecule has 0 spiro atoms. The molecule has 1 aromatic rings. The van der Waals surface area contributed by atoms with Crippen molar-refractivity contribution in [2.24, 2.45) is 4.99 Å². The average molecular weight is 385 g/mol. The number of halogens is 3. The number of aliphatic imine (C=N–C) groups is 1. The first-order valence-electron chi connectivity index (χ1n) is 9.38. The number of hydrogen-bond donors (Lipinski definition) is 2.